The predicted octanol–water partition coefficient (Wildman–Crippen LogP) is 1.29. The van der Waals surface area contributed by atoms with Gasteiger partial charge in [0.25, 0.3) is 0 Å². The minimum absolute atomic E-state index is 0.494. The Morgan fingerprint density at radius 2 is 2.39 bits per heavy atom. The molecule has 1 aliphatic carbocycles. The first kappa shape index (κ1) is 12.7. The quantitative estimate of drug-likeness (QED) is 0.608. The molecule has 0 radical (unpaired) electrons. The summed E-state index contributed by atoms with van der Waals surface area (Å²) in [5, 5.41) is 3.15. The van der Waals surface area contributed by atoms with Crippen molar-refractivity contribution in [1.82, 2.24) is 10.3 Å². The first-order valence-corrected chi connectivity index (χ1v) is 6.30. The van der Waals surface area contributed by atoms with Gasteiger partial charge in [-0.25, -0.2) is 4.99 Å². The molecule has 1 heterocycles. The number of aromatic nitrogens is 1. The standard InChI is InChI=1S/C13H20N4O/c1-18-12-6-5-11(15-9-12)8-17-13(14)16-7-10-3-2-4-10/h5-6,9-10H,2-4,7-8H2,1H3,(H3,14,16,17). The van der Waals surface area contributed by atoms with Crippen molar-refractivity contribution in [3.8, 4) is 5.75 Å². The fraction of sp³-hybridized carbons (Fsp3) is 0.538. The maximum absolute atomic E-state index is 5.79. The van der Waals surface area contributed by atoms with Crippen molar-refractivity contribution in [3.63, 3.8) is 0 Å². The van der Waals surface area contributed by atoms with E-state index in [9.17, 15) is 0 Å². The number of nitrogens with zero attached hydrogens (tertiary/aromatic N) is 2. The van der Waals surface area contributed by atoms with Gasteiger partial charge in [-0.2, -0.15) is 0 Å². The summed E-state index contributed by atoms with van der Waals surface area (Å²) in [6, 6.07) is 3.76. The highest BCUT2D eigenvalue weighted by atomic mass is 16.5. The van der Waals surface area contributed by atoms with Crippen molar-refractivity contribution in [2.45, 2.75) is 25.8 Å². The van der Waals surface area contributed by atoms with Gasteiger partial charge in [-0.15, -0.1) is 0 Å². The highest BCUT2D eigenvalue weighted by Crippen LogP contribution is 2.24. The van der Waals surface area contributed by atoms with Crippen LogP contribution in [0.3, 0.4) is 0 Å². The van der Waals surface area contributed by atoms with Gasteiger partial charge in [-0.1, -0.05) is 6.42 Å². The molecule has 5 nitrogen and oxygen atoms in total. The summed E-state index contributed by atoms with van der Waals surface area (Å²) in [5.41, 5.74) is 6.67. The van der Waals surface area contributed by atoms with Crippen LogP contribution in [0, 0.1) is 5.92 Å². The lowest BCUT2D eigenvalue weighted by atomic mass is 9.85. The SMILES string of the molecule is COc1ccc(CN=C(N)NCC2CCC2)nc1. The van der Waals surface area contributed by atoms with E-state index in [1.165, 1.54) is 19.3 Å². The summed E-state index contributed by atoms with van der Waals surface area (Å²) in [5.74, 6) is 2.02. The highest BCUT2D eigenvalue weighted by molar-refractivity contribution is 5.77. The molecule has 1 aromatic rings. The third kappa shape index (κ3) is 3.61. The Labute approximate surface area is 107 Å². The Balaban J connectivity index is 1.76. The average molecular weight is 248 g/mol. The summed E-state index contributed by atoms with van der Waals surface area (Å²) in [6.45, 7) is 1.43. The molecule has 5 heteroatoms. The number of methoxy groups -OCH3 is 1. The third-order valence-electron chi connectivity index (χ3n) is 3.24. The molecule has 0 amide bonds. The molecule has 0 spiro atoms. The molecule has 18 heavy (non-hydrogen) atoms. The molecule has 1 aliphatic rings. The molecule has 0 bridgehead atoms. The summed E-state index contributed by atoms with van der Waals surface area (Å²) >= 11 is 0. The lowest BCUT2D eigenvalue weighted by Crippen LogP contribution is -2.37. The summed E-state index contributed by atoms with van der Waals surface area (Å²) < 4.78 is 5.04. The molecular formula is C13H20N4O. The molecule has 1 aromatic heterocycles. The number of nitrogens with one attached hydrogen (secondary N) is 1. The van der Waals surface area contributed by atoms with Crippen molar-refractivity contribution in [2.75, 3.05) is 13.7 Å². The van der Waals surface area contributed by atoms with Crippen LogP contribution in [0.15, 0.2) is 23.3 Å². The minimum atomic E-state index is 0.494. The van der Waals surface area contributed by atoms with E-state index in [-0.39, 0.29) is 0 Å². The van der Waals surface area contributed by atoms with Crippen LogP contribution < -0.4 is 15.8 Å². The van der Waals surface area contributed by atoms with Crippen LogP contribution in [0.2, 0.25) is 0 Å². The second-order valence-electron chi connectivity index (χ2n) is 4.57. The number of aliphatic imine (C=N–C) groups is 1. The second kappa shape index (κ2) is 6.23. The lowest BCUT2D eigenvalue weighted by molar-refractivity contribution is 0.315. The number of guanidine groups is 1. The smallest absolute Gasteiger partial charge is 0.188 e. The Kier molecular flexibility index (Phi) is 4.39. The monoisotopic (exact) mass is 248 g/mol. The highest BCUT2D eigenvalue weighted by Gasteiger charge is 2.16. The Morgan fingerprint density at radius 1 is 1.56 bits per heavy atom. The van der Waals surface area contributed by atoms with Crippen LogP contribution in [-0.2, 0) is 6.54 Å². The van der Waals surface area contributed by atoms with Crippen molar-refractivity contribution in [1.29, 1.82) is 0 Å². The van der Waals surface area contributed by atoms with Crippen LogP contribution in [0.4, 0.5) is 0 Å². The van der Waals surface area contributed by atoms with E-state index in [2.05, 4.69) is 15.3 Å². The number of pyridine rings is 1. The largest absolute Gasteiger partial charge is 0.495 e. The van der Waals surface area contributed by atoms with Crippen molar-refractivity contribution in [2.24, 2.45) is 16.6 Å². The lowest BCUT2D eigenvalue weighted by Gasteiger charge is -2.25. The molecule has 3 N–H and O–H groups in total. The van der Waals surface area contributed by atoms with E-state index in [1.807, 2.05) is 12.1 Å². The van der Waals surface area contributed by atoms with Crippen LogP contribution in [0.1, 0.15) is 25.0 Å². The van der Waals surface area contributed by atoms with Crippen molar-refractivity contribution in [3.05, 3.63) is 24.0 Å². The predicted molar refractivity (Wildman–Crippen MR) is 71.5 cm³/mol. The van der Waals surface area contributed by atoms with E-state index in [0.717, 1.165) is 23.9 Å². The molecule has 0 aromatic carbocycles. The first-order valence-electron chi connectivity index (χ1n) is 6.30. The third-order valence-corrected chi connectivity index (χ3v) is 3.24. The van der Waals surface area contributed by atoms with Gasteiger partial charge < -0.3 is 15.8 Å². The summed E-state index contributed by atoms with van der Waals surface area (Å²) in [7, 11) is 1.62. The van der Waals surface area contributed by atoms with Gasteiger partial charge in [-0.05, 0) is 30.9 Å². The van der Waals surface area contributed by atoms with Gasteiger partial charge in [0, 0.05) is 6.54 Å². The van der Waals surface area contributed by atoms with Crippen LogP contribution in [0.25, 0.3) is 0 Å². The number of hydrogen-bond donors (Lipinski definition) is 2. The van der Waals surface area contributed by atoms with Gasteiger partial charge in [0.2, 0.25) is 0 Å². The van der Waals surface area contributed by atoms with E-state index in [4.69, 9.17) is 10.5 Å². The Hall–Kier alpha value is -1.78. The molecule has 0 aliphatic heterocycles. The fourth-order valence-corrected chi connectivity index (χ4v) is 1.79. The van der Waals surface area contributed by atoms with Gasteiger partial charge in [0.05, 0.1) is 25.5 Å². The maximum atomic E-state index is 5.79. The number of ether oxygens (including phenoxy) is 1. The van der Waals surface area contributed by atoms with Crippen LogP contribution >= 0.6 is 0 Å². The zero-order valence-electron chi connectivity index (χ0n) is 10.7. The second-order valence-corrected chi connectivity index (χ2v) is 4.57. The topological polar surface area (TPSA) is 72.5 Å². The van der Waals surface area contributed by atoms with Crippen molar-refractivity contribution < 1.29 is 4.74 Å². The number of nitrogens with two attached hydrogens (primary N) is 1. The van der Waals surface area contributed by atoms with E-state index < -0.39 is 0 Å². The number of rotatable bonds is 5. The van der Waals surface area contributed by atoms with E-state index >= 15 is 0 Å². The molecule has 0 saturated heterocycles. The molecule has 98 valence electrons. The van der Waals surface area contributed by atoms with Gasteiger partial charge in [-0.3, -0.25) is 4.98 Å². The van der Waals surface area contributed by atoms with Crippen LogP contribution in [0.5, 0.6) is 5.75 Å². The van der Waals surface area contributed by atoms with Crippen molar-refractivity contribution >= 4 is 5.96 Å². The van der Waals surface area contributed by atoms with Crippen LogP contribution in [-0.4, -0.2) is 24.6 Å². The van der Waals surface area contributed by atoms with E-state index in [1.54, 1.807) is 13.3 Å². The zero-order valence-corrected chi connectivity index (χ0v) is 10.7. The summed E-state index contributed by atoms with van der Waals surface area (Å²) in [6.07, 6.45) is 5.64. The zero-order chi connectivity index (χ0) is 12.8. The normalized spacial score (nSPS) is 16.2. The Bertz CT molecular complexity index is 398. The van der Waals surface area contributed by atoms with Gasteiger partial charge in [0.1, 0.15) is 5.75 Å². The van der Waals surface area contributed by atoms with E-state index in [0.29, 0.717) is 12.5 Å². The van der Waals surface area contributed by atoms with Gasteiger partial charge in [0.15, 0.2) is 5.96 Å². The molecule has 2 rings (SSSR count). The number of hydrogen-bond acceptors (Lipinski definition) is 3. The minimum Gasteiger partial charge on any atom is -0.495 e. The maximum Gasteiger partial charge on any atom is 0.188 e. The fourth-order valence-electron chi connectivity index (χ4n) is 1.79. The Morgan fingerprint density at radius 3 is 2.94 bits per heavy atom. The molecule has 1 saturated carbocycles. The molecule has 0 unspecified atom stereocenters. The molecular weight excluding hydrogens is 228 g/mol. The molecule has 1 fully saturated rings. The van der Waals surface area contributed by atoms with Gasteiger partial charge >= 0.3 is 0 Å². The summed E-state index contributed by atoms with van der Waals surface area (Å²) in [4.78, 5) is 8.49. The first-order chi connectivity index (χ1) is 8.78. The molecule has 0 atom stereocenters. The average Bonchev–Trinajstić information content (AvgIpc) is 2.35.